The number of hydrogen-bond acceptors (Lipinski definition) is 5. The predicted octanol–water partition coefficient (Wildman–Crippen LogP) is 4.84. The molecular weight excluding hydrogens is 452 g/mol. The molecule has 0 spiro atoms. The van der Waals surface area contributed by atoms with Crippen molar-refractivity contribution in [1.29, 1.82) is 0 Å². The summed E-state index contributed by atoms with van der Waals surface area (Å²) in [5.41, 5.74) is 4.15. The first-order chi connectivity index (χ1) is 16.6. The second-order valence-electron chi connectivity index (χ2n) is 7.96. The summed E-state index contributed by atoms with van der Waals surface area (Å²) in [6.45, 7) is 1.56. The first-order valence-corrected chi connectivity index (χ1v) is 11.3. The fraction of sp³-hybridized carbons (Fsp3) is 0.192. The van der Waals surface area contributed by atoms with Crippen LogP contribution in [0.2, 0.25) is 5.02 Å². The van der Waals surface area contributed by atoms with Gasteiger partial charge in [0, 0.05) is 36.2 Å². The third-order valence-corrected chi connectivity index (χ3v) is 5.91. The predicted molar refractivity (Wildman–Crippen MR) is 131 cm³/mol. The molecule has 5 aromatic rings. The summed E-state index contributed by atoms with van der Waals surface area (Å²) >= 11 is 6.13. The highest BCUT2D eigenvalue weighted by Crippen LogP contribution is 2.23. The Kier molecular flexibility index (Phi) is 6.29. The largest absolute Gasteiger partial charge is 0.491 e. The maximum atomic E-state index is 13.2. The molecule has 0 radical (unpaired) electrons. The highest BCUT2D eigenvalue weighted by Gasteiger charge is 2.16. The molecule has 0 fully saturated rings. The van der Waals surface area contributed by atoms with Crippen LogP contribution in [0.15, 0.2) is 73.2 Å². The number of ether oxygens (including phenoxy) is 2. The summed E-state index contributed by atoms with van der Waals surface area (Å²) in [5, 5.41) is 6.22. The number of rotatable bonds is 9. The number of carbonyl (C=O) groups excluding carboxylic acids is 1. The van der Waals surface area contributed by atoms with Gasteiger partial charge in [-0.25, -0.2) is 4.98 Å². The van der Waals surface area contributed by atoms with Crippen LogP contribution in [0, 0.1) is 0 Å². The van der Waals surface area contributed by atoms with Crippen molar-refractivity contribution in [3.8, 4) is 5.75 Å². The molecule has 0 unspecified atom stereocenters. The number of fused-ring (bicyclic) bond motifs is 2. The van der Waals surface area contributed by atoms with E-state index in [9.17, 15) is 4.79 Å². The van der Waals surface area contributed by atoms with Gasteiger partial charge in [0.25, 0.3) is 0 Å². The van der Waals surface area contributed by atoms with E-state index >= 15 is 0 Å². The third-order valence-electron chi connectivity index (χ3n) is 5.68. The minimum atomic E-state index is -0.0179. The van der Waals surface area contributed by atoms with Crippen molar-refractivity contribution in [3.05, 3.63) is 95.0 Å². The van der Waals surface area contributed by atoms with E-state index in [1.54, 1.807) is 23.9 Å². The zero-order valence-electron chi connectivity index (χ0n) is 18.6. The van der Waals surface area contributed by atoms with Gasteiger partial charge in [0.15, 0.2) is 5.78 Å². The summed E-state index contributed by atoms with van der Waals surface area (Å²) < 4.78 is 14.4. The first kappa shape index (κ1) is 22.1. The van der Waals surface area contributed by atoms with Gasteiger partial charge in [0.1, 0.15) is 23.7 Å². The van der Waals surface area contributed by atoms with Crippen LogP contribution < -0.4 is 4.74 Å². The second-order valence-corrected chi connectivity index (χ2v) is 8.39. The molecule has 8 heteroatoms. The zero-order valence-corrected chi connectivity index (χ0v) is 19.4. The lowest BCUT2D eigenvalue weighted by Gasteiger charge is -2.07. The minimum absolute atomic E-state index is 0.0179. The number of aromatic nitrogens is 4. The Morgan fingerprint density at radius 3 is 2.79 bits per heavy atom. The highest BCUT2D eigenvalue weighted by atomic mass is 35.5. The van der Waals surface area contributed by atoms with E-state index < -0.39 is 0 Å². The number of pyridine rings is 1. The second kappa shape index (κ2) is 9.67. The maximum absolute atomic E-state index is 13.2. The lowest BCUT2D eigenvalue weighted by atomic mass is 10.0. The molecule has 5 rings (SSSR count). The molecule has 3 aromatic heterocycles. The molecule has 0 bridgehead atoms. The molecule has 3 heterocycles. The monoisotopic (exact) mass is 474 g/mol. The van der Waals surface area contributed by atoms with Crippen LogP contribution in [0.4, 0.5) is 0 Å². The number of halogens is 1. The summed E-state index contributed by atoms with van der Waals surface area (Å²) in [6, 6.07) is 17.3. The molecule has 7 nitrogen and oxygen atoms in total. The van der Waals surface area contributed by atoms with Crippen molar-refractivity contribution in [1.82, 2.24) is 19.2 Å². The number of ketones is 1. The normalized spacial score (nSPS) is 11.4. The zero-order chi connectivity index (χ0) is 23.5. The van der Waals surface area contributed by atoms with Crippen LogP contribution in [-0.4, -0.2) is 45.3 Å². The highest BCUT2D eigenvalue weighted by molar-refractivity contribution is 6.30. The van der Waals surface area contributed by atoms with Gasteiger partial charge in [-0.15, -0.1) is 0 Å². The van der Waals surface area contributed by atoms with E-state index in [1.165, 1.54) is 0 Å². The summed E-state index contributed by atoms with van der Waals surface area (Å²) in [5.74, 6) is 0.668. The van der Waals surface area contributed by atoms with E-state index in [4.69, 9.17) is 21.1 Å². The molecular formula is C26H23ClN4O3. The smallest absolute Gasteiger partial charge is 0.185 e. The van der Waals surface area contributed by atoms with Crippen LogP contribution in [0.25, 0.3) is 16.6 Å². The molecule has 0 aliphatic heterocycles. The first-order valence-electron chi connectivity index (χ1n) is 10.9. The number of imidazole rings is 1. The summed E-state index contributed by atoms with van der Waals surface area (Å²) in [4.78, 5) is 17.6. The number of Topliss-reactive ketones (excluding diaryl/α,β-unsaturated/α-hetero) is 1. The van der Waals surface area contributed by atoms with Crippen molar-refractivity contribution in [2.45, 2.75) is 13.0 Å². The van der Waals surface area contributed by atoms with Gasteiger partial charge in [0.05, 0.1) is 31.1 Å². The van der Waals surface area contributed by atoms with Crippen LogP contribution in [-0.2, 0) is 17.7 Å². The maximum Gasteiger partial charge on any atom is 0.185 e. The molecule has 0 aliphatic rings. The Morgan fingerprint density at radius 2 is 1.94 bits per heavy atom. The fourth-order valence-electron chi connectivity index (χ4n) is 4.02. The molecule has 0 saturated heterocycles. The van der Waals surface area contributed by atoms with Crippen molar-refractivity contribution >= 4 is 33.9 Å². The topological polar surface area (TPSA) is 70.7 Å². The van der Waals surface area contributed by atoms with E-state index in [0.29, 0.717) is 41.9 Å². The third kappa shape index (κ3) is 4.53. The van der Waals surface area contributed by atoms with Gasteiger partial charge in [-0.3, -0.25) is 13.9 Å². The van der Waals surface area contributed by atoms with Crippen molar-refractivity contribution < 1.29 is 14.3 Å². The molecule has 34 heavy (non-hydrogen) atoms. The van der Waals surface area contributed by atoms with Crippen LogP contribution in [0.1, 0.15) is 21.6 Å². The molecule has 0 atom stereocenters. The van der Waals surface area contributed by atoms with Crippen LogP contribution in [0.5, 0.6) is 5.75 Å². The number of carbonyl (C=O) groups is 1. The van der Waals surface area contributed by atoms with E-state index in [1.807, 2.05) is 65.5 Å². The fourth-order valence-corrected chi connectivity index (χ4v) is 4.23. The average Bonchev–Trinajstić information content (AvgIpc) is 3.44. The average molecular weight is 475 g/mol. The number of benzene rings is 2. The Bertz CT molecular complexity index is 1470. The van der Waals surface area contributed by atoms with Crippen molar-refractivity contribution in [2.24, 2.45) is 0 Å². The molecule has 0 saturated carbocycles. The van der Waals surface area contributed by atoms with E-state index in [0.717, 1.165) is 22.0 Å². The van der Waals surface area contributed by atoms with Crippen molar-refractivity contribution in [2.75, 3.05) is 20.3 Å². The minimum Gasteiger partial charge on any atom is -0.491 e. The number of hydrogen-bond donors (Lipinski definition) is 0. The number of nitrogens with zero attached hydrogens (tertiary/aromatic N) is 4. The lowest BCUT2D eigenvalue weighted by molar-refractivity contribution is 0.0987. The summed E-state index contributed by atoms with van der Waals surface area (Å²) in [6.07, 6.45) is 5.49. The van der Waals surface area contributed by atoms with Gasteiger partial charge < -0.3 is 9.47 Å². The molecule has 0 N–H and O–H groups in total. The van der Waals surface area contributed by atoms with Gasteiger partial charge >= 0.3 is 0 Å². The van der Waals surface area contributed by atoms with Crippen molar-refractivity contribution in [3.63, 3.8) is 0 Å². The van der Waals surface area contributed by atoms with E-state index in [2.05, 4.69) is 10.1 Å². The Morgan fingerprint density at radius 1 is 1.06 bits per heavy atom. The van der Waals surface area contributed by atoms with E-state index in [-0.39, 0.29) is 12.2 Å². The Hall–Kier alpha value is -3.68. The molecule has 0 amide bonds. The molecule has 172 valence electrons. The Balaban J connectivity index is 1.37. The SMILES string of the molecule is COCCOc1ccn2c(C(=O)Cc3cccc4c3cnn4Cc3cccc(Cl)c3)cnc2c1. The van der Waals surface area contributed by atoms with Crippen LogP contribution >= 0.6 is 11.6 Å². The lowest BCUT2D eigenvalue weighted by Crippen LogP contribution is -2.08. The van der Waals surface area contributed by atoms with Crippen LogP contribution in [0.3, 0.4) is 0 Å². The molecule has 2 aromatic carbocycles. The standard InChI is InChI=1S/C26H23ClN4O3/c1-33-10-11-34-21-8-9-30-24(16-28-26(30)14-21)25(32)13-19-5-3-7-23-22(19)15-29-31(23)17-18-4-2-6-20(27)12-18/h2-9,12,14-16H,10-11,13,17H2,1H3. The van der Waals surface area contributed by atoms with Gasteiger partial charge in [-0.2, -0.15) is 5.10 Å². The number of methoxy groups -OCH3 is 1. The quantitative estimate of drug-likeness (QED) is 0.226. The molecule has 0 aliphatic carbocycles. The Labute approximate surface area is 201 Å². The summed E-state index contributed by atoms with van der Waals surface area (Å²) in [7, 11) is 1.63. The van der Waals surface area contributed by atoms with Gasteiger partial charge in [-0.1, -0.05) is 35.9 Å². The van der Waals surface area contributed by atoms with Gasteiger partial charge in [0.2, 0.25) is 0 Å². The van der Waals surface area contributed by atoms with Gasteiger partial charge in [-0.05, 0) is 35.4 Å².